The molecule has 0 amide bonds. The van der Waals surface area contributed by atoms with E-state index >= 15 is 0 Å². The van der Waals surface area contributed by atoms with E-state index in [0.717, 1.165) is 5.57 Å². The highest BCUT2D eigenvalue weighted by atomic mass is 16.6. The lowest BCUT2D eigenvalue weighted by Gasteiger charge is -2.64. The first-order valence-electron chi connectivity index (χ1n) is 14.2. The number of fused-ring (bicyclic) bond motifs is 5. The molecule has 2 N–H and O–H groups in total. The summed E-state index contributed by atoms with van der Waals surface area (Å²) < 4.78 is 11.0. The first-order chi connectivity index (χ1) is 17.6. The van der Waals surface area contributed by atoms with Gasteiger partial charge in [-0.25, -0.2) is 0 Å². The summed E-state index contributed by atoms with van der Waals surface area (Å²) in [5.74, 6) is -2.52. The molecule has 4 rings (SSSR count). The highest BCUT2D eigenvalue weighted by Crippen LogP contribution is 2.73. The number of carbonyl (C=O) groups excluding carboxylic acids is 4. The van der Waals surface area contributed by atoms with Gasteiger partial charge >= 0.3 is 11.9 Å². The van der Waals surface area contributed by atoms with Crippen molar-refractivity contribution >= 4 is 23.5 Å². The van der Waals surface area contributed by atoms with Gasteiger partial charge in [0.2, 0.25) is 0 Å². The van der Waals surface area contributed by atoms with E-state index in [2.05, 4.69) is 13.0 Å². The molecule has 0 radical (unpaired) electrons. The largest absolute Gasteiger partial charge is 0.460 e. The maximum atomic E-state index is 14.2. The SMILES string of the molecule is CC(=O)OC(C)(C)CCC(=O)[C@](C)(O)[C@H]1[C@H](O)C[C@@]2(C)[C@@H]3CC=C4[C@@H](CC(=O)OC4(C)C)[C@]3(C)C(=O)C[C@]12C. The molecule has 0 bridgehead atoms. The molecule has 218 valence electrons. The van der Waals surface area contributed by atoms with Crippen LogP contribution in [0.15, 0.2) is 11.6 Å². The average molecular weight is 547 g/mol. The summed E-state index contributed by atoms with van der Waals surface area (Å²) in [6.07, 6.45) is 2.48. The lowest BCUT2D eigenvalue weighted by molar-refractivity contribution is -0.189. The fourth-order valence-electron chi connectivity index (χ4n) is 9.27. The van der Waals surface area contributed by atoms with Crippen LogP contribution in [0.3, 0.4) is 0 Å². The Morgan fingerprint density at radius 2 is 1.72 bits per heavy atom. The van der Waals surface area contributed by atoms with Gasteiger partial charge in [0.1, 0.15) is 22.6 Å². The van der Waals surface area contributed by atoms with Crippen molar-refractivity contribution in [3.05, 3.63) is 11.6 Å². The van der Waals surface area contributed by atoms with Crippen molar-refractivity contribution < 1.29 is 38.9 Å². The molecule has 3 fully saturated rings. The van der Waals surface area contributed by atoms with E-state index in [1.165, 1.54) is 13.8 Å². The first kappa shape index (κ1) is 29.9. The number of carbonyl (C=O) groups is 4. The molecule has 8 atom stereocenters. The highest BCUT2D eigenvalue weighted by molar-refractivity contribution is 5.91. The number of cyclic esters (lactones) is 1. The number of rotatable bonds is 6. The van der Waals surface area contributed by atoms with Crippen LogP contribution in [0.1, 0.15) is 101 Å². The van der Waals surface area contributed by atoms with E-state index in [9.17, 15) is 29.4 Å². The molecule has 8 nitrogen and oxygen atoms in total. The summed E-state index contributed by atoms with van der Waals surface area (Å²) in [7, 11) is 0. The molecule has 1 heterocycles. The Morgan fingerprint density at radius 1 is 1.10 bits per heavy atom. The van der Waals surface area contributed by atoms with Crippen LogP contribution < -0.4 is 0 Å². The zero-order chi connectivity index (χ0) is 29.6. The summed E-state index contributed by atoms with van der Waals surface area (Å²) in [4.78, 5) is 51.9. The van der Waals surface area contributed by atoms with Crippen molar-refractivity contribution in [3.63, 3.8) is 0 Å². The number of hydrogen-bond acceptors (Lipinski definition) is 8. The van der Waals surface area contributed by atoms with Crippen LogP contribution in [0.25, 0.3) is 0 Å². The van der Waals surface area contributed by atoms with Gasteiger partial charge in [-0.1, -0.05) is 26.8 Å². The lowest BCUT2D eigenvalue weighted by atomic mass is 9.39. The Balaban J connectivity index is 1.70. The molecule has 1 saturated heterocycles. The van der Waals surface area contributed by atoms with Gasteiger partial charge in [-0.2, -0.15) is 0 Å². The third kappa shape index (κ3) is 4.32. The zero-order valence-corrected chi connectivity index (χ0v) is 25.0. The molecule has 0 aromatic carbocycles. The second kappa shape index (κ2) is 8.97. The van der Waals surface area contributed by atoms with E-state index in [1.807, 2.05) is 27.7 Å². The Hall–Kier alpha value is -2.06. The van der Waals surface area contributed by atoms with Crippen molar-refractivity contribution in [2.75, 3.05) is 0 Å². The van der Waals surface area contributed by atoms with Crippen molar-refractivity contribution in [2.45, 2.75) is 124 Å². The van der Waals surface area contributed by atoms with Crippen LogP contribution in [0.4, 0.5) is 0 Å². The molecule has 8 heteroatoms. The number of ketones is 2. The molecule has 4 aliphatic rings. The summed E-state index contributed by atoms with van der Waals surface area (Å²) in [6, 6.07) is 0. The van der Waals surface area contributed by atoms with Crippen LogP contribution in [-0.2, 0) is 28.7 Å². The summed E-state index contributed by atoms with van der Waals surface area (Å²) in [6.45, 7) is 15.9. The third-order valence-electron chi connectivity index (χ3n) is 11.3. The van der Waals surface area contributed by atoms with Crippen molar-refractivity contribution in [1.82, 2.24) is 0 Å². The molecule has 0 unspecified atom stereocenters. The fraction of sp³-hybridized carbons (Fsp3) is 0.806. The first-order valence-corrected chi connectivity index (χ1v) is 14.2. The average Bonchev–Trinajstić information content (AvgIpc) is 2.96. The molecule has 2 saturated carbocycles. The van der Waals surface area contributed by atoms with E-state index in [0.29, 0.717) is 12.8 Å². The number of ether oxygens (including phenoxy) is 2. The number of esters is 2. The molecule has 39 heavy (non-hydrogen) atoms. The Kier molecular flexibility index (Phi) is 6.88. The Morgan fingerprint density at radius 3 is 2.31 bits per heavy atom. The van der Waals surface area contributed by atoms with Gasteiger partial charge in [0.25, 0.3) is 0 Å². The van der Waals surface area contributed by atoms with Crippen LogP contribution in [0.2, 0.25) is 0 Å². The summed E-state index contributed by atoms with van der Waals surface area (Å²) in [5, 5.41) is 23.3. The van der Waals surface area contributed by atoms with Gasteiger partial charge in [0, 0.05) is 37.0 Å². The topological polar surface area (TPSA) is 127 Å². The predicted octanol–water partition coefficient (Wildman–Crippen LogP) is 4.09. The zero-order valence-electron chi connectivity index (χ0n) is 25.0. The Labute approximate surface area is 231 Å². The van der Waals surface area contributed by atoms with E-state index in [1.54, 1.807) is 13.8 Å². The molecule has 0 aromatic rings. The predicted molar refractivity (Wildman–Crippen MR) is 143 cm³/mol. The molecular weight excluding hydrogens is 500 g/mol. The van der Waals surface area contributed by atoms with Crippen LogP contribution in [-0.4, -0.2) is 56.6 Å². The van der Waals surface area contributed by atoms with E-state index in [-0.39, 0.29) is 49.3 Å². The van der Waals surface area contributed by atoms with Gasteiger partial charge in [0.15, 0.2) is 5.78 Å². The maximum Gasteiger partial charge on any atom is 0.307 e. The summed E-state index contributed by atoms with van der Waals surface area (Å²) >= 11 is 0. The molecule has 1 aliphatic heterocycles. The number of aliphatic hydroxyl groups excluding tert-OH is 1. The van der Waals surface area contributed by atoms with Gasteiger partial charge in [-0.3, -0.25) is 19.2 Å². The molecular formula is C31H46O8. The fourth-order valence-corrected chi connectivity index (χ4v) is 9.27. The molecule has 0 aromatic heterocycles. The van der Waals surface area contributed by atoms with Crippen molar-refractivity contribution in [3.8, 4) is 0 Å². The molecule has 0 spiro atoms. The summed E-state index contributed by atoms with van der Waals surface area (Å²) in [5.41, 5.74) is -4.83. The number of hydrogen-bond donors (Lipinski definition) is 2. The molecule has 3 aliphatic carbocycles. The van der Waals surface area contributed by atoms with Crippen LogP contribution in [0, 0.1) is 34.0 Å². The minimum absolute atomic E-state index is 0.00640. The van der Waals surface area contributed by atoms with Gasteiger partial charge < -0.3 is 19.7 Å². The minimum Gasteiger partial charge on any atom is -0.460 e. The smallest absolute Gasteiger partial charge is 0.307 e. The number of aliphatic hydroxyl groups is 2. The minimum atomic E-state index is -1.89. The van der Waals surface area contributed by atoms with Crippen molar-refractivity contribution in [2.24, 2.45) is 34.0 Å². The monoisotopic (exact) mass is 546 g/mol. The standard InChI is InChI=1S/C31H46O8/c1-17(32)38-26(2,3)13-12-22(34)31(9,37)25-20(33)15-28(6)21-11-10-18-19(14-24(36)39-27(18,4)5)30(21,8)23(35)16-29(25,28)7/h10,19-21,25,33,37H,11-16H2,1-9H3/t19-,20-,21+,25+,28+,29-,30+,31+/m1/s1. The second-order valence-electron chi connectivity index (χ2n) is 14.6. The van der Waals surface area contributed by atoms with E-state index in [4.69, 9.17) is 9.47 Å². The van der Waals surface area contributed by atoms with Gasteiger partial charge in [0.05, 0.1) is 12.5 Å². The Bertz CT molecular complexity index is 1130. The van der Waals surface area contributed by atoms with Crippen LogP contribution >= 0.6 is 0 Å². The third-order valence-corrected chi connectivity index (χ3v) is 11.3. The second-order valence-corrected chi connectivity index (χ2v) is 14.6. The van der Waals surface area contributed by atoms with Gasteiger partial charge in [-0.05, 0) is 76.2 Å². The van der Waals surface area contributed by atoms with E-state index < -0.39 is 56.8 Å². The lowest BCUT2D eigenvalue weighted by Crippen LogP contribution is -2.65. The quantitative estimate of drug-likeness (QED) is 0.377. The number of Topliss-reactive ketones (excluding diaryl/α,β-unsaturated/α-hetero) is 2. The number of allylic oxidation sites excluding steroid dienone is 1. The van der Waals surface area contributed by atoms with Crippen LogP contribution in [0.5, 0.6) is 0 Å². The van der Waals surface area contributed by atoms with Gasteiger partial charge in [-0.15, -0.1) is 0 Å². The maximum absolute atomic E-state index is 14.2. The highest BCUT2D eigenvalue weighted by Gasteiger charge is 2.74. The van der Waals surface area contributed by atoms with Crippen molar-refractivity contribution in [1.29, 1.82) is 0 Å². The normalized spacial score (nSPS) is 40.8.